The molecule has 0 bridgehead atoms. The molecule has 0 rings (SSSR count). The number of quaternary nitrogens is 1. The first-order chi connectivity index (χ1) is 6.39. The Morgan fingerprint density at radius 2 is 1.79 bits per heavy atom. The summed E-state index contributed by atoms with van der Waals surface area (Å²) in [5, 5.41) is 3.98. The van der Waals surface area contributed by atoms with Crippen LogP contribution in [0, 0.1) is 0 Å². The highest BCUT2D eigenvalue weighted by atomic mass is 32.2. The predicted octanol–water partition coefficient (Wildman–Crippen LogP) is 0.806. The van der Waals surface area contributed by atoms with E-state index < -0.39 is 0 Å². The van der Waals surface area contributed by atoms with Gasteiger partial charge in [-0.15, -0.1) is 23.5 Å². The lowest BCUT2D eigenvalue weighted by molar-refractivity contribution is -0.862. The van der Waals surface area contributed by atoms with Gasteiger partial charge < -0.3 is 4.48 Å². The first-order valence-corrected chi connectivity index (χ1v) is 6.59. The number of likely N-dealkylation sites (N-methyl/N-ethyl adjacent to an activating group) is 1. The maximum atomic E-state index is 11.3. The van der Waals surface area contributed by atoms with Gasteiger partial charge in [0.15, 0.2) is 6.54 Å². The van der Waals surface area contributed by atoms with E-state index in [-0.39, 0.29) is 5.91 Å². The Balaban J connectivity index is 4.02. The lowest BCUT2D eigenvalue weighted by Gasteiger charge is -2.22. The largest absolute Gasteiger partial charge is 0.323 e. The van der Waals surface area contributed by atoms with Gasteiger partial charge >= 0.3 is 0 Å². The van der Waals surface area contributed by atoms with Crippen molar-refractivity contribution in [1.82, 2.24) is 5.43 Å². The second-order valence-corrected chi connectivity index (χ2v) is 5.62. The summed E-state index contributed by atoms with van der Waals surface area (Å²) in [4.78, 5) is 11.3. The van der Waals surface area contributed by atoms with Crippen molar-refractivity contribution in [3.05, 3.63) is 0 Å². The molecule has 0 atom stereocenters. The summed E-state index contributed by atoms with van der Waals surface area (Å²) in [6, 6.07) is 0. The van der Waals surface area contributed by atoms with Gasteiger partial charge in [0.1, 0.15) is 4.38 Å². The molecule has 0 spiro atoms. The number of amides is 1. The summed E-state index contributed by atoms with van der Waals surface area (Å²) < 4.78 is 1.47. The Labute approximate surface area is 94.1 Å². The van der Waals surface area contributed by atoms with Gasteiger partial charge in [-0.05, 0) is 12.5 Å². The highest BCUT2D eigenvalue weighted by Crippen LogP contribution is 2.09. The zero-order chi connectivity index (χ0) is 11.2. The molecule has 14 heavy (non-hydrogen) atoms. The van der Waals surface area contributed by atoms with E-state index in [9.17, 15) is 4.79 Å². The summed E-state index contributed by atoms with van der Waals surface area (Å²) in [5.74, 6) is -0.0573. The van der Waals surface area contributed by atoms with E-state index in [1.165, 1.54) is 23.5 Å². The second-order valence-electron chi connectivity index (χ2n) is 3.77. The van der Waals surface area contributed by atoms with Gasteiger partial charge in [-0.3, -0.25) is 4.79 Å². The van der Waals surface area contributed by atoms with Crippen molar-refractivity contribution < 1.29 is 9.28 Å². The second kappa shape index (κ2) is 6.31. The van der Waals surface area contributed by atoms with Crippen molar-refractivity contribution in [3.8, 4) is 0 Å². The maximum Gasteiger partial charge on any atom is 0.295 e. The molecule has 0 aliphatic heterocycles. The van der Waals surface area contributed by atoms with Gasteiger partial charge in [0.25, 0.3) is 5.91 Å². The number of hydrazone groups is 1. The third-order valence-electron chi connectivity index (χ3n) is 1.24. The summed E-state index contributed by atoms with van der Waals surface area (Å²) in [7, 11) is 5.90. The molecule has 0 heterocycles. The molecular weight excluding hydrogens is 218 g/mol. The average molecular weight is 236 g/mol. The summed E-state index contributed by atoms with van der Waals surface area (Å²) >= 11 is 3.05. The van der Waals surface area contributed by atoms with Crippen LogP contribution >= 0.6 is 23.5 Å². The third-order valence-corrected chi connectivity index (χ3v) is 3.12. The van der Waals surface area contributed by atoms with E-state index in [4.69, 9.17) is 0 Å². The van der Waals surface area contributed by atoms with Gasteiger partial charge in [-0.2, -0.15) is 5.10 Å². The molecule has 1 N–H and O–H groups in total. The fourth-order valence-electron chi connectivity index (χ4n) is 0.749. The van der Waals surface area contributed by atoms with Gasteiger partial charge in [0.2, 0.25) is 0 Å². The molecule has 0 aromatic carbocycles. The van der Waals surface area contributed by atoms with Crippen LogP contribution in [0.3, 0.4) is 0 Å². The molecule has 0 fully saturated rings. The molecule has 4 nitrogen and oxygen atoms in total. The zero-order valence-electron chi connectivity index (χ0n) is 9.33. The molecule has 0 aliphatic rings. The number of nitrogens with zero attached hydrogens (tertiary/aromatic N) is 2. The molecule has 6 heteroatoms. The van der Waals surface area contributed by atoms with Crippen molar-refractivity contribution in [3.63, 3.8) is 0 Å². The molecule has 0 saturated carbocycles. The Morgan fingerprint density at radius 1 is 1.29 bits per heavy atom. The number of carbonyl (C=O) groups is 1. The zero-order valence-corrected chi connectivity index (χ0v) is 11.0. The highest BCUT2D eigenvalue weighted by Gasteiger charge is 2.13. The van der Waals surface area contributed by atoms with Gasteiger partial charge in [0.05, 0.1) is 21.1 Å². The standard InChI is InChI=1S/C8H17N3OS2/c1-11(2,3)6-7(12)9-10-8(13-4)14-5/h6H2,1-5H3/p+1. The minimum absolute atomic E-state index is 0.0573. The van der Waals surface area contributed by atoms with Crippen LogP contribution in [0.15, 0.2) is 5.10 Å². The maximum absolute atomic E-state index is 11.3. The summed E-state index contributed by atoms with van der Waals surface area (Å²) in [6.07, 6.45) is 3.86. The van der Waals surface area contributed by atoms with E-state index in [1.807, 2.05) is 33.7 Å². The normalized spacial score (nSPS) is 10.9. The minimum Gasteiger partial charge on any atom is -0.323 e. The predicted molar refractivity (Wildman–Crippen MR) is 65.5 cm³/mol. The van der Waals surface area contributed by atoms with E-state index in [0.717, 1.165) is 4.38 Å². The molecular formula is C8H18N3OS2+. The van der Waals surface area contributed by atoms with Crippen LogP contribution in [0.1, 0.15) is 0 Å². The summed E-state index contributed by atoms with van der Waals surface area (Å²) in [5.41, 5.74) is 2.53. The molecule has 0 aliphatic carbocycles. The van der Waals surface area contributed by atoms with Crippen molar-refractivity contribution >= 4 is 33.8 Å². The molecule has 0 aromatic heterocycles. The minimum atomic E-state index is -0.0573. The van der Waals surface area contributed by atoms with E-state index in [0.29, 0.717) is 11.0 Å². The topological polar surface area (TPSA) is 41.5 Å². The quantitative estimate of drug-likeness (QED) is 0.341. The first kappa shape index (κ1) is 13.8. The Kier molecular flexibility index (Phi) is 6.22. The smallest absolute Gasteiger partial charge is 0.295 e. The van der Waals surface area contributed by atoms with Gasteiger partial charge in [-0.25, -0.2) is 5.43 Å². The number of nitrogens with one attached hydrogen (secondary N) is 1. The van der Waals surface area contributed by atoms with E-state index in [1.54, 1.807) is 0 Å². The fourth-order valence-corrected chi connectivity index (χ4v) is 1.69. The SMILES string of the molecule is CSC(=NNC(=O)C[N+](C)(C)C)SC. The molecule has 1 amide bonds. The average Bonchev–Trinajstić information content (AvgIpc) is 2.03. The Hall–Kier alpha value is -0.200. The lowest BCUT2D eigenvalue weighted by Crippen LogP contribution is -2.43. The monoisotopic (exact) mass is 236 g/mol. The van der Waals surface area contributed by atoms with Crippen LogP contribution in [-0.4, -0.2) is 55.0 Å². The van der Waals surface area contributed by atoms with Gasteiger partial charge in [-0.1, -0.05) is 0 Å². The third kappa shape index (κ3) is 7.23. The van der Waals surface area contributed by atoms with Crippen LogP contribution in [0.5, 0.6) is 0 Å². The molecule has 0 aromatic rings. The van der Waals surface area contributed by atoms with E-state index in [2.05, 4.69) is 10.5 Å². The molecule has 82 valence electrons. The van der Waals surface area contributed by atoms with Crippen molar-refractivity contribution in [2.45, 2.75) is 0 Å². The van der Waals surface area contributed by atoms with Crippen molar-refractivity contribution in [2.75, 3.05) is 40.2 Å². The number of hydrogen-bond donors (Lipinski definition) is 1. The first-order valence-electron chi connectivity index (χ1n) is 4.14. The highest BCUT2D eigenvalue weighted by molar-refractivity contribution is 8.38. The number of thioether (sulfide) groups is 2. The van der Waals surface area contributed by atoms with Gasteiger partial charge in [0, 0.05) is 0 Å². The molecule has 0 saturated heterocycles. The van der Waals surface area contributed by atoms with Crippen LogP contribution in [0.4, 0.5) is 0 Å². The Bertz CT molecular complexity index is 217. The summed E-state index contributed by atoms with van der Waals surface area (Å²) in [6.45, 7) is 0.430. The number of hydrogen-bond acceptors (Lipinski definition) is 4. The number of carbonyl (C=O) groups excluding carboxylic acids is 1. The van der Waals surface area contributed by atoms with Crippen LogP contribution < -0.4 is 5.43 Å². The molecule has 0 radical (unpaired) electrons. The molecule has 0 unspecified atom stereocenters. The van der Waals surface area contributed by atoms with Crippen molar-refractivity contribution in [1.29, 1.82) is 0 Å². The van der Waals surface area contributed by atoms with Crippen LogP contribution in [-0.2, 0) is 4.79 Å². The van der Waals surface area contributed by atoms with Crippen molar-refractivity contribution in [2.24, 2.45) is 5.10 Å². The Morgan fingerprint density at radius 3 is 2.14 bits per heavy atom. The van der Waals surface area contributed by atoms with Crippen LogP contribution in [0.2, 0.25) is 0 Å². The fraction of sp³-hybridized carbons (Fsp3) is 0.750. The lowest BCUT2D eigenvalue weighted by atomic mass is 10.5. The van der Waals surface area contributed by atoms with Crippen LogP contribution in [0.25, 0.3) is 0 Å². The van der Waals surface area contributed by atoms with E-state index >= 15 is 0 Å². The number of rotatable bonds is 3.